The highest BCUT2D eigenvalue weighted by Gasteiger charge is 1.84. The third-order valence-corrected chi connectivity index (χ3v) is 1.37. The second kappa shape index (κ2) is 12.4. The fourth-order valence-electron chi connectivity index (χ4n) is 0.682. The van der Waals surface area contributed by atoms with Crippen LogP contribution in [0.2, 0.25) is 0 Å². The first-order chi connectivity index (χ1) is 6.91. The lowest BCUT2D eigenvalue weighted by Gasteiger charge is -1.96. The van der Waals surface area contributed by atoms with Gasteiger partial charge in [0.1, 0.15) is 13.2 Å². The van der Waals surface area contributed by atoms with Gasteiger partial charge in [-0.3, -0.25) is 0 Å². The van der Waals surface area contributed by atoms with Crippen molar-refractivity contribution in [2.75, 3.05) is 39.6 Å². The second-order valence-electron chi connectivity index (χ2n) is 2.61. The quantitative estimate of drug-likeness (QED) is 0.422. The molecule has 0 aliphatic rings. The summed E-state index contributed by atoms with van der Waals surface area (Å²) >= 11 is 0. The molecule has 0 radical (unpaired) electrons. The third-order valence-electron chi connectivity index (χ3n) is 1.37. The Hall–Kier alpha value is -0.600. The molecule has 0 unspecified atom stereocenters. The molecule has 0 aromatic carbocycles. The minimum absolute atomic E-state index is 0.150. The van der Waals surface area contributed by atoms with Gasteiger partial charge in [0.15, 0.2) is 0 Å². The summed E-state index contributed by atoms with van der Waals surface area (Å²) in [5.74, 6) is 5.56. The van der Waals surface area contributed by atoms with Crippen molar-refractivity contribution in [2.45, 2.75) is 12.8 Å². The van der Waals surface area contributed by atoms with Crippen molar-refractivity contribution in [3.8, 4) is 11.8 Å². The van der Waals surface area contributed by atoms with E-state index in [0.29, 0.717) is 39.3 Å². The van der Waals surface area contributed by atoms with Gasteiger partial charge in [-0.05, 0) is 12.8 Å². The molecule has 0 aliphatic heterocycles. The minimum Gasteiger partial charge on any atom is -0.396 e. The largest absolute Gasteiger partial charge is 0.396 e. The summed E-state index contributed by atoms with van der Waals surface area (Å²) < 4.78 is 10.1. The van der Waals surface area contributed by atoms with Gasteiger partial charge in [-0.15, -0.1) is 0 Å². The Kier molecular flexibility index (Phi) is 11.9. The minimum atomic E-state index is 0.150. The summed E-state index contributed by atoms with van der Waals surface area (Å²) in [4.78, 5) is 0. The van der Waals surface area contributed by atoms with Crippen LogP contribution in [0, 0.1) is 11.8 Å². The maximum atomic E-state index is 8.43. The van der Waals surface area contributed by atoms with Gasteiger partial charge in [0.05, 0.1) is 13.2 Å². The molecule has 0 atom stereocenters. The Bertz CT molecular complexity index is 143. The lowest BCUT2D eigenvalue weighted by atomic mass is 10.5. The molecular weight excluding hydrogens is 184 g/mol. The summed E-state index contributed by atoms with van der Waals surface area (Å²) in [6.07, 6.45) is 1.30. The molecule has 0 fully saturated rings. The molecule has 0 saturated carbocycles. The summed E-state index contributed by atoms with van der Waals surface area (Å²) in [6, 6.07) is 0. The smallest absolute Gasteiger partial charge is 0.107 e. The van der Waals surface area contributed by atoms with E-state index in [1.807, 2.05) is 0 Å². The molecule has 0 rings (SSSR count). The van der Waals surface area contributed by atoms with Crippen LogP contribution in [0.25, 0.3) is 0 Å². The lowest BCUT2D eigenvalue weighted by molar-refractivity contribution is 0.138. The standard InChI is InChI=1S/C10H18O4/c11-5-3-9-13-7-1-2-8-14-10-4-6-12/h11-12H,3-10H2. The molecular formula is C10H18O4. The Morgan fingerprint density at radius 3 is 1.57 bits per heavy atom. The maximum Gasteiger partial charge on any atom is 0.107 e. The van der Waals surface area contributed by atoms with E-state index in [0.717, 1.165) is 0 Å². The monoisotopic (exact) mass is 202 g/mol. The van der Waals surface area contributed by atoms with Crippen LogP contribution in [-0.2, 0) is 9.47 Å². The van der Waals surface area contributed by atoms with Crippen LogP contribution in [-0.4, -0.2) is 49.9 Å². The van der Waals surface area contributed by atoms with Crippen LogP contribution in [0.5, 0.6) is 0 Å². The number of hydrogen-bond acceptors (Lipinski definition) is 4. The van der Waals surface area contributed by atoms with E-state index in [1.165, 1.54) is 0 Å². The summed E-state index contributed by atoms with van der Waals surface area (Å²) in [7, 11) is 0. The van der Waals surface area contributed by atoms with Gasteiger partial charge in [0.25, 0.3) is 0 Å². The van der Waals surface area contributed by atoms with Crippen molar-refractivity contribution in [1.29, 1.82) is 0 Å². The fraction of sp³-hybridized carbons (Fsp3) is 0.800. The van der Waals surface area contributed by atoms with Crippen LogP contribution in [0.1, 0.15) is 12.8 Å². The van der Waals surface area contributed by atoms with E-state index in [-0.39, 0.29) is 13.2 Å². The lowest BCUT2D eigenvalue weighted by Crippen LogP contribution is -1.99. The van der Waals surface area contributed by atoms with Gasteiger partial charge in [0.2, 0.25) is 0 Å². The molecule has 0 saturated heterocycles. The predicted molar refractivity (Wildman–Crippen MR) is 52.8 cm³/mol. The molecule has 82 valence electrons. The highest BCUT2D eigenvalue weighted by Crippen LogP contribution is 1.80. The second-order valence-corrected chi connectivity index (χ2v) is 2.61. The zero-order valence-corrected chi connectivity index (χ0v) is 8.37. The number of aliphatic hydroxyl groups is 2. The van der Waals surface area contributed by atoms with Crippen LogP contribution in [0.4, 0.5) is 0 Å². The van der Waals surface area contributed by atoms with E-state index in [4.69, 9.17) is 19.7 Å². The average Bonchev–Trinajstić information content (AvgIpc) is 2.21. The van der Waals surface area contributed by atoms with Crippen molar-refractivity contribution in [3.05, 3.63) is 0 Å². The zero-order valence-electron chi connectivity index (χ0n) is 8.37. The van der Waals surface area contributed by atoms with Crippen LogP contribution in [0.3, 0.4) is 0 Å². The number of aliphatic hydroxyl groups excluding tert-OH is 2. The molecule has 0 heterocycles. The van der Waals surface area contributed by atoms with Gasteiger partial charge in [-0.2, -0.15) is 0 Å². The highest BCUT2D eigenvalue weighted by atomic mass is 16.5. The summed E-state index contributed by atoms with van der Waals surface area (Å²) in [5.41, 5.74) is 0. The van der Waals surface area contributed by atoms with E-state index in [9.17, 15) is 0 Å². The Balaban J connectivity index is 3.03. The normalized spacial score (nSPS) is 9.57. The SMILES string of the molecule is OCCCOCC#CCOCCCO. The number of hydrogen-bond donors (Lipinski definition) is 2. The average molecular weight is 202 g/mol. The summed E-state index contributed by atoms with van der Waals surface area (Å²) in [6.45, 7) is 2.13. The van der Waals surface area contributed by atoms with Crippen LogP contribution < -0.4 is 0 Å². The maximum absolute atomic E-state index is 8.43. The molecule has 0 spiro atoms. The molecule has 0 amide bonds. The predicted octanol–water partition coefficient (Wildman–Crippen LogP) is -0.212. The van der Waals surface area contributed by atoms with E-state index in [2.05, 4.69) is 11.8 Å². The van der Waals surface area contributed by atoms with Crippen molar-refractivity contribution >= 4 is 0 Å². The third kappa shape index (κ3) is 11.4. The molecule has 0 bridgehead atoms. The molecule has 0 aromatic heterocycles. The molecule has 0 aromatic rings. The zero-order chi connectivity index (χ0) is 10.5. The fourth-order valence-corrected chi connectivity index (χ4v) is 0.682. The number of rotatable bonds is 8. The first kappa shape index (κ1) is 13.4. The molecule has 2 N–H and O–H groups in total. The highest BCUT2D eigenvalue weighted by molar-refractivity contribution is 4.99. The summed E-state index contributed by atoms with van der Waals surface area (Å²) in [5, 5.41) is 16.9. The van der Waals surface area contributed by atoms with Gasteiger partial charge < -0.3 is 19.7 Å². The first-order valence-corrected chi connectivity index (χ1v) is 4.74. The van der Waals surface area contributed by atoms with Gasteiger partial charge in [-0.25, -0.2) is 0 Å². The molecule has 4 heteroatoms. The molecule has 0 aliphatic carbocycles. The van der Waals surface area contributed by atoms with Crippen molar-refractivity contribution in [2.24, 2.45) is 0 Å². The van der Waals surface area contributed by atoms with Crippen LogP contribution in [0.15, 0.2) is 0 Å². The van der Waals surface area contributed by atoms with Gasteiger partial charge in [0, 0.05) is 13.2 Å². The Labute approximate surface area is 84.8 Å². The van der Waals surface area contributed by atoms with Crippen molar-refractivity contribution in [1.82, 2.24) is 0 Å². The van der Waals surface area contributed by atoms with Crippen LogP contribution >= 0.6 is 0 Å². The van der Waals surface area contributed by atoms with E-state index < -0.39 is 0 Å². The van der Waals surface area contributed by atoms with E-state index in [1.54, 1.807) is 0 Å². The van der Waals surface area contributed by atoms with Crippen molar-refractivity contribution in [3.63, 3.8) is 0 Å². The number of ether oxygens (including phenoxy) is 2. The van der Waals surface area contributed by atoms with Gasteiger partial charge >= 0.3 is 0 Å². The van der Waals surface area contributed by atoms with Gasteiger partial charge in [-0.1, -0.05) is 11.8 Å². The topological polar surface area (TPSA) is 58.9 Å². The molecule has 4 nitrogen and oxygen atoms in total. The van der Waals surface area contributed by atoms with Crippen molar-refractivity contribution < 1.29 is 19.7 Å². The Morgan fingerprint density at radius 1 is 0.786 bits per heavy atom. The Morgan fingerprint density at radius 2 is 1.21 bits per heavy atom. The first-order valence-electron chi connectivity index (χ1n) is 4.74. The van der Waals surface area contributed by atoms with E-state index >= 15 is 0 Å². The molecule has 14 heavy (non-hydrogen) atoms.